The van der Waals surface area contributed by atoms with Gasteiger partial charge in [-0.15, -0.1) is 0 Å². The van der Waals surface area contributed by atoms with E-state index >= 15 is 0 Å². The first-order chi connectivity index (χ1) is 13.1. The zero-order chi connectivity index (χ0) is 19.1. The van der Waals surface area contributed by atoms with Crippen LogP contribution in [0.2, 0.25) is 0 Å². The lowest BCUT2D eigenvalue weighted by molar-refractivity contribution is -0.147. The molecule has 0 bridgehead atoms. The third-order valence-corrected chi connectivity index (χ3v) is 5.04. The zero-order valence-corrected chi connectivity index (χ0v) is 15.4. The molecule has 0 aliphatic heterocycles. The third-order valence-electron chi connectivity index (χ3n) is 5.04. The number of rotatable bonds is 7. The molecule has 1 atom stereocenters. The second-order valence-corrected chi connectivity index (χ2v) is 7.18. The zero-order valence-electron chi connectivity index (χ0n) is 15.4. The number of benzene rings is 1. The van der Waals surface area contributed by atoms with Gasteiger partial charge in [0.25, 0.3) is 11.8 Å². The van der Waals surface area contributed by atoms with Crippen molar-refractivity contribution in [3.05, 3.63) is 42.0 Å². The van der Waals surface area contributed by atoms with Crippen molar-refractivity contribution in [1.82, 2.24) is 5.32 Å². The number of hydrogen-bond donors (Lipinski definition) is 2. The largest absolute Gasteiger partial charge is 0.456 e. The average molecular weight is 370 g/mol. The molecule has 2 amide bonds. The van der Waals surface area contributed by atoms with E-state index in [2.05, 4.69) is 16.7 Å². The number of carbonyl (C=O) groups is 3. The predicted molar refractivity (Wildman–Crippen MR) is 102 cm³/mol. The van der Waals surface area contributed by atoms with E-state index in [0.717, 1.165) is 38.5 Å². The van der Waals surface area contributed by atoms with Crippen molar-refractivity contribution < 1.29 is 19.1 Å². The van der Waals surface area contributed by atoms with Crippen LogP contribution in [0.3, 0.4) is 0 Å². The Balaban J connectivity index is 1.50. The van der Waals surface area contributed by atoms with Crippen LogP contribution in [0.4, 0.5) is 5.69 Å². The highest BCUT2D eigenvalue weighted by Crippen LogP contribution is 2.21. The second-order valence-electron chi connectivity index (χ2n) is 7.18. The molecule has 0 unspecified atom stereocenters. The van der Waals surface area contributed by atoms with E-state index in [1.807, 2.05) is 6.08 Å². The fourth-order valence-electron chi connectivity index (χ4n) is 3.59. The van der Waals surface area contributed by atoms with Crippen LogP contribution in [0.25, 0.3) is 0 Å². The summed E-state index contributed by atoms with van der Waals surface area (Å²) in [5.74, 6) is -0.816. The summed E-state index contributed by atoms with van der Waals surface area (Å²) in [6.07, 6.45) is 10.5. The van der Waals surface area contributed by atoms with Crippen LogP contribution in [0.1, 0.15) is 55.3 Å². The van der Waals surface area contributed by atoms with Crippen LogP contribution in [-0.4, -0.2) is 30.4 Å². The van der Waals surface area contributed by atoms with Gasteiger partial charge in [-0.25, -0.2) is 0 Å². The van der Waals surface area contributed by atoms with E-state index in [-0.39, 0.29) is 30.4 Å². The fraction of sp³-hybridized carbons (Fsp3) is 0.476. The van der Waals surface area contributed by atoms with E-state index in [9.17, 15) is 14.4 Å². The quantitative estimate of drug-likeness (QED) is 0.570. The van der Waals surface area contributed by atoms with Crippen LogP contribution >= 0.6 is 0 Å². The molecule has 27 heavy (non-hydrogen) atoms. The summed E-state index contributed by atoms with van der Waals surface area (Å²) in [6.45, 7) is -0.353. The van der Waals surface area contributed by atoms with Gasteiger partial charge in [0.1, 0.15) is 0 Å². The smallest absolute Gasteiger partial charge is 0.306 e. The van der Waals surface area contributed by atoms with Crippen molar-refractivity contribution in [1.29, 1.82) is 0 Å². The third kappa shape index (κ3) is 5.67. The van der Waals surface area contributed by atoms with Gasteiger partial charge in [-0.05, 0) is 43.7 Å². The summed E-state index contributed by atoms with van der Waals surface area (Å²) < 4.78 is 5.06. The number of esters is 1. The van der Waals surface area contributed by atoms with Crippen LogP contribution in [0, 0.1) is 5.92 Å². The molecular weight excluding hydrogens is 344 g/mol. The topological polar surface area (TPSA) is 84.5 Å². The molecular formula is C21H26N2O4. The standard InChI is InChI=1S/C21H26N2O4/c24-19(14-27-20(25)13-15-7-1-2-8-15)23-18-12-6-5-11-17(18)21(26)22-16-9-3-4-10-16/h1,5-7,11-12,15-16H,2-4,8-10,13-14H2,(H,22,26)(H,23,24)/t15-/m1/s1. The highest BCUT2D eigenvalue weighted by atomic mass is 16.5. The summed E-state index contributed by atoms with van der Waals surface area (Å²) >= 11 is 0. The van der Waals surface area contributed by atoms with Crippen molar-refractivity contribution >= 4 is 23.5 Å². The molecule has 0 radical (unpaired) electrons. The minimum atomic E-state index is -0.452. The lowest BCUT2D eigenvalue weighted by Crippen LogP contribution is -2.33. The molecule has 6 nitrogen and oxygen atoms in total. The van der Waals surface area contributed by atoms with E-state index in [0.29, 0.717) is 17.7 Å². The molecule has 6 heteroatoms. The Morgan fingerprint density at radius 2 is 1.85 bits per heavy atom. The molecule has 0 spiro atoms. The Bertz CT molecular complexity index is 723. The van der Waals surface area contributed by atoms with Gasteiger partial charge >= 0.3 is 5.97 Å². The van der Waals surface area contributed by atoms with Crippen molar-refractivity contribution in [3.8, 4) is 0 Å². The number of allylic oxidation sites excluding steroid dienone is 2. The summed E-state index contributed by atoms with van der Waals surface area (Å²) in [5, 5.41) is 5.69. The van der Waals surface area contributed by atoms with Gasteiger partial charge in [0.15, 0.2) is 6.61 Å². The molecule has 0 aromatic heterocycles. The minimum Gasteiger partial charge on any atom is -0.456 e. The van der Waals surface area contributed by atoms with Crippen molar-refractivity contribution in [3.63, 3.8) is 0 Å². The molecule has 0 saturated heterocycles. The van der Waals surface area contributed by atoms with Crippen LogP contribution in [0.15, 0.2) is 36.4 Å². The lowest BCUT2D eigenvalue weighted by atomic mass is 10.1. The Hall–Kier alpha value is -2.63. The Morgan fingerprint density at radius 3 is 2.59 bits per heavy atom. The normalized spacial score (nSPS) is 19.0. The van der Waals surface area contributed by atoms with E-state index in [4.69, 9.17) is 4.74 Å². The second kappa shape index (κ2) is 9.35. The van der Waals surface area contributed by atoms with E-state index < -0.39 is 5.91 Å². The van der Waals surface area contributed by atoms with Crippen molar-refractivity contribution in [2.24, 2.45) is 5.92 Å². The first kappa shape index (κ1) is 19.1. The predicted octanol–water partition coefficient (Wildman–Crippen LogP) is 3.20. The van der Waals surface area contributed by atoms with Gasteiger partial charge in [-0.3, -0.25) is 14.4 Å². The Morgan fingerprint density at radius 1 is 1.07 bits per heavy atom. The maximum atomic E-state index is 12.5. The van der Waals surface area contributed by atoms with Gasteiger partial charge in [0, 0.05) is 6.04 Å². The van der Waals surface area contributed by atoms with Gasteiger partial charge in [-0.1, -0.05) is 37.1 Å². The van der Waals surface area contributed by atoms with E-state index in [1.165, 1.54) is 0 Å². The van der Waals surface area contributed by atoms with Crippen LogP contribution < -0.4 is 10.6 Å². The van der Waals surface area contributed by atoms with Gasteiger partial charge in [0.05, 0.1) is 17.7 Å². The molecule has 3 rings (SSSR count). The number of ether oxygens (including phenoxy) is 1. The SMILES string of the molecule is O=C(COC(=O)C[C@@H]1C=CCC1)Nc1ccccc1C(=O)NC1CCCC1. The molecule has 0 heterocycles. The molecule has 2 N–H and O–H groups in total. The monoisotopic (exact) mass is 370 g/mol. The Labute approximate surface area is 159 Å². The number of amides is 2. The number of hydrogen-bond acceptors (Lipinski definition) is 4. The van der Waals surface area contributed by atoms with Gasteiger partial charge in [-0.2, -0.15) is 0 Å². The maximum absolute atomic E-state index is 12.5. The molecule has 1 fully saturated rings. The number of anilines is 1. The van der Waals surface area contributed by atoms with Crippen LogP contribution in [0.5, 0.6) is 0 Å². The number of para-hydroxylation sites is 1. The fourth-order valence-corrected chi connectivity index (χ4v) is 3.59. The summed E-state index contributed by atoms with van der Waals surface area (Å²) in [5.41, 5.74) is 0.841. The number of carbonyl (C=O) groups excluding carboxylic acids is 3. The first-order valence-corrected chi connectivity index (χ1v) is 9.64. The van der Waals surface area contributed by atoms with Gasteiger partial charge < -0.3 is 15.4 Å². The average Bonchev–Trinajstić information content (AvgIpc) is 3.34. The van der Waals surface area contributed by atoms with Crippen molar-refractivity contribution in [2.45, 2.75) is 51.0 Å². The molecule has 144 valence electrons. The minimum absolute atomic E-state index is 0.192. The molecule has 1 aromatic carbocycles. The summed E-state index contributed by atoms with van der Waals surface area (Å²) in [6, 6.07) is 7.06. The molecule has 2 aliphatic carbocycles. The first-order valence-electron chi connectivity index (χ1n) is 9.64. The maximum Gasteiger partial charge on any atom is 0.306 e. The molecule has 1 saturated carbocycles. The summed E-state index contributed by atoms with van der Waals surface area (Å²) in [7, 11) is 0. The van der Waals surface area contributed by atoms with E-state index in [1.54, 1.807) is 24.3 Å². The highest BCUT2D eigenvalue weighted by molar-refractivity contribution is 6.04. The number of nitrogens with one attached hydrogen (secondary N) is 2. The lowest BCUT2D eigenvalue weighted by Gasteiger charge is -2.15. The molecule has 2 aliphatic rings. The van der Waals surface area contributed by atoms with Gasteiger partial charge in [0.2, 0.25) is 0 Å². The highest BCUT2D eigenvalue weighted by Gasteiger charge is 2.20. The Kier molecular flexibility index (Phi) is 6.63. The summed E-state index contributed by atoms with van der Waals surface area (Å²) in [4.78, 5) is 36.5. The van der Waals surface area contributed by atoms with Crippen LogP contribution in [-0.2, 0) is 14.3 Å². The van der Waals surface area contributed by atoms with Crippen molar-refractivity contribution in [2.75, 3.05) is 11.9 Å². The molecule has 1 aromatic rings.